The number of ketones is 2. The summed E-state index contributed by atoms with van der Waals surface area (Å²) in [7, 11) is 0. The van der Waals surface area contributed by atoms with Gasteiger partial charge in [-0.25, -0.2) is 4.79 Å². The highest BCUT2D eigenvalue weighted by Gasteiger charge is 2.37. The van der Waals surface area contributed by atoms with Gasteiger partial charge >= 0.3 is 5.97 Å². The van der Waals surface area contributed by atoms with Gasteiger partial charge < -0.3 is 69.7 Å². The van der Waals surface area contributed by atoms with Gasteiger partial charge in [0, 0.05) is 68.3 Å². The molecule has 4 aromatic rings. The van der Waals surface area contributed by atoms with Crippen molar-refractivity contribution < 1.29 is 53.0 Å². The molecule has 436 valence electrons. The summed E-state index contributed by atoms with van der Waals surface area (Å²) in [4.78, 5) is 138. The Morgan fingerprint density at radius 1 is 0.728 bits per heavy atom. The maximum absolute atomic E-state index is 15.0. The van der Waals surface area contributed by atoms with Crippen LogP contribution in [0.5, 0.6) is 0 Å². The second-order valence-electron chi connectivity index (χ2n) is 20.2. The number of carbonyl (C=O) groups excluding carboxylic acids is 8. The molecule has 24 heteroatoms. The number of benzene rings is 3. The van der Waals surface area contributed by atoms with Crippen LogP contribution in [0.15, 0.2) is 101 Å². The molecule has 1 aromatic heterocycles. The SMILES string of the molecule is CC(=O)N[C@@H](CCCN=C(N)N)C(=O)N[C@H]1CC(=O)NCCCC[C@@H](C(=O)O)NC(=O)[C@H](Cc2c[nH]c3ccccc23)CC(=O)[C@H](CCCN=C(N)N)CC(=O)[C@@H](Cc2ccccc2)NC(=O)[C@H]([C@@H](C)OCc2ccccc2)NC1=O. The summed E-state index contributed by atoms with van der Waals surface area (Å²) in [5.41, 5.74) is 25.0. The number of carboxylic acid groups (broad SMARTS) is 1. The second-order valence-corrected chi connectivity index (χ2v) is 20.2. The van der Waals surface area contributed by atoms with E-state index in [2.05, 4.69) is 46.9 Å². The average molecular weight is 1120 g/mol. The first-order valence-electron chi connectivity index (χ1n) is 27.2. The van der Waals surface area contributed by atoms with E-state index >= 15 is 0 Å². The van der Waals surface area contributed by atoms with Crippen molar-refractivity contribution in [2.24, 2.45) is 44.8 Å². The molecule has 1 aliphatic rings. The lowest BCUT2D eigenvalue weighted by atomic mass is 9.83. The summed E-state index contributed by atoms with van der Waals surface area (Å²) in [6.07, 6.45) is -0.0904. The molecule has 6 amide bonds. The molecule has 1 saturated heterocycles. The third-order valence-electron chi connectivity index (χ3n) is 13.8. The number of carboxylic acids is 1. The van der Waals surface area contributed by atoms with Crippen LogP contribution in [-0.4, -0.2) is 131 Å². The Morgan fingerprint density at radius 3 is 2.04 bits per heavy atom. The third kappa shape index (κ3) is 21.5. The van der Waals surface area contributed by atoms with E-state index in [9.17, 15) is 48.3 Å². The minimum Gasteiger partial charge on any atom is -0.480 e. The Kier molecular flexibility index (Phi) is 25.3. The fourth-order valence-electron chi connectivity index (χ4n) is 9.45. The lowest BCUT2D eigenvalue weighted by Gasteiger charge is -2.29. The summed E-state index contributed by atoms with van der Waals surface area (Å²) in [6, 6.07) is 17.9. The van der Waals surface area contributed by atoms with E-state index in [0.717, 1.165) is 16.5 Å². The minimum absolute atomic E-state index is 0.0141. The summed E-state index contributed by atoms with van der Waals surface area (Å²) in [5, 5.41) is 27.1. The Bertz CT molecular complexity index is 2840. The number of Topliss-reactive ketones (excluding diaryl/α,β-unsaturated/α-hetero) is 2. The number of fused-ring (bicyclic) bond motifs is 1. The van der Waals surface area contributed by atoms with Crippen LogP contribution in [0.2, 0.25) is 0 Å². The minimum atomic E-state index is -1.68. The summed E-state index contributed by atoms with van der Waals surface area (Å²) < 4.78 is 6.21. The first-order valence-corrected chi connectivity index (χ1v) is 27.2. The predicted octanol–water partition coefficient (Wildman–Crippen LogP) is 1.04. The number of hydrogen-bond acceptors (Lipinski definition) is 12. The highest BCUT2D eigenvalue weighted by Crippen LogP contribution is 2.26. The number of nitrogens with zero attached hydrogens (tertiary/aromatic N) is 2. The van der Waals surface area contributed by atoms with Crippen LogP contribution in [-0.2, 0) is 67.3 Å². The molecule has 2 heterocycles. The molecule has 24 nitrogen and oxygen atoms in total. The monoisotopic (exact) mass is 1120 g/mol. The highest BCUT2D eigenvalue weighted by atomic mass is 16.5. The number of aliphatic imine (C=N–C) groups is 2. The van der Waals surface area contributed by atoms with E-state index in [1.54, 1.807) is 60.8 Å². The van der Waals surface area contributed by atoms with Gasteiger partial charge in [0.05, 0.1) is 25.2 Å². The van der Waals surface area contributed by atoms with Gasteiger partial charge in [0.15, 0.2) is 17.7 Å². The molecule has 0 aliphatic carbocycles. The third-order valence-corrected chi connectivity index (χ3v) is 13.8. The van der Waals surface area contributed by atoms with E-state index in [0.29, 0.717) is 11.1 Å². The molecule has 8 atom stereocenters. The van der Waals surface area contributed by atoms with Gasteiger partial charge in [0.2, 0.25) is 35.4 Å². The van der Waals surface area contributed by atoms with Gasteiger partial charge in [0.25, 0.3) is 0 Å². The number of hydrogen-bond donors (Lipinski definition) is 12. The average Bonchev–Trinajstić information content (AvgIpc) is 4.07. The molecule has 1 aliphatic heterocycles. The standard InChI is InChI=1S/C57H77N13O11/c1-34(81-33-37-17-7-4-8-18-37)50-54(78)68-45(27-36-15-5-3-6-16-36)48(73)29-38(19-13-25-63-56(58)59)47(72)30-39(28-40-32-65-42-21-10-9-20-41(40)42)51(75)67-44(55(79)80)22-11-12-24-62-49(74)31-46(53(77)70-50)69-52(76)43(66-35(2)71)23-14-26-64-57(60)61/h3-10,15-18,20-21,32,34,38-39,43-46,50,65H,11-14,19,22-31,33H2,1-2H3,(H,62,74)(H,66,71)(H,67,75)(H,68,78)(H,69,76)(H,70,77)(H,79,80)(H4,58,59,63)(H4,60,61,64)/t34-,38-,39-,43+,44+,45-,46+,50+/m1/s1. The number of amides is 6. The number of aromatic nitrogens is 1. The molecular formula is C57H77N13O11. The zero-order chi connectivity index (χ0) is 58.8. The maximum Gasteiger partial charge on any atom is 0.326 e. The molecule has 81 heavy (non-hydrogen) atoms. The molecular weight excluding hydrogens is 1040 g/mol. The van der Waals surface area contributed by atoms with Crippen molar-refractivity contribution >= 4 is 75.8 Å². The van der Waals surface area contributed by atoms with Crippen molar-refractivity contribution in [1.29, 1.82) is 0 Å². The molecule has 16 N–H and O–H groups in total. The van der Waals surface area contributed by atoms with Gasteiger partial charge in [-0.15, -0.1) is 0 Å². The van der Waals surface area contributed by atoms with Gasteiger partial charge in [-0.1, -0.05) is 78.9 Å². The zero-order valence-electron chi connectivity index (χ0n) is 45.8. The van der Waals surface area contributed by atoms with Gasteiger partial charge in [-0.05, 0) is 87.5 Å². The first-order chi connectivity index (χ1) is 38.8. The van der Waals surface area contributed by atoms with Crippen LogP contribution < -0.4 is 54.8 Å². The molecule has 0 bridgehead atoms. The molecule has 0 radical (unpaired) electrons. The van der Waals surface area contributed by atoms with Crippen LogP contribution in [0.4, 0.5) is 0 Å². The fourth-order valence-corrected chi connectivity index (χ4v) is 9.45. The van der Waals surface area contributed by atoms with Crippen molar-refractivity contribution in [2.75, 3.05) is 19.6 Å². The summed E-state index contributed by atoms with van der Waals surface area (Å²) in [5.74, 6) is -9.67. The molecule has 0 spiro atoms. The number of guanidine groups is 2. The van der Waals surface area contributed by atoms with E-state index in [4.69, 9.17) is 27.7 Å². The lowest BCUT2D eigenvalue weighted by Crippen LogP contribution is -2.61. The Hall–Kier alpha value is -8.67. The number of nitrogens with two attached hydrogens (primary N) is 4. The van der Waals surface area contributed by atoms with Gasteiger partial charge in [-0.2, -0.15) is 0 Å². The zero-order valence-corrected chi connectivity index (χ0v) is 45.8. The first kappa shape index (κ1) is 63.2. The van der Waals surface area contributed by atoms with Crippen molar-refractivity contribution in [3.8, 4) is 0 Å². The fraction of sp³-hybridized carbons (Fsp3) is 0.456. The van der Waals surface area contributed by atoms with E-state index in [-0.39, 0.29) is 95.9 Å². The quantitative estimate of drug-likeness (QED) is 0.0334. The molecule has 1 fully saturated rings. The van der Waals surface area contributed by atoms with E-state index in [1.807, 2.05) is 30.3 Å². The summed E-state index contributed by atoms with van der Waals surface area (Å²) in [6.45, 7) is 2.88. The number of nitrogens with one attached hydrogen (secondary N) is 7. The van der Waals surface area contributed by atoms with E-state index in [1.165, 1.54) is 13.8 Å². The number of H-pyrrole nitrogens is 1. The van der Waals surface area contributed by atoms with Crippen LogP contribution in [0, 0.1) is 11.8 Å². The number of para-hydroxylation sites is 1. The smallest absolute Gasteiger partial charge is 0.326 e. The van der Waals surface area contributed by atoms with E-state index < -0.39 is 120 Å². The molecule has 5 rings (SSSR count). The lowest BCUT2D eigenvalue weighted by molar-refractivity contribution is -0.143. The van der Waals surface area contributed by atoms with Crippen LogP contribution in [0.25, 0.3) is 10.9 Å². The topological polar surface area (TPSA) is 400 Å². The maximum atomic E-state index is 15.0. The highest BCUT2D eigenvalue weighted by molar-refractivity contribution is 5.99. The van der Waals surface area contributed by atoms with Crippen molar-refractivity contribution in [3.05, 3.63) is 108 Å². The van der Waals surface area contributed by atoms with Crippen LogP contribution in [0.1, 0.15) is 94.7 Å². The van der Waals surface area contributed by atoms with Crippen LogP contribution in [0.3, 0.4) is 0 Å². The van der Waals surface area contributed by atoms with Crippen molar-refractivity contribution in [1.82, 2.24) is 36.9 Å². The van der Waals surface area contributed by atoms with Crippen LogP contribution >= 0.6 is 0 Å². The van der Waals surface area contributed by atoms with Gasteiger partial charge in [-0.3, -0.25) is 48.3 Å². The predicted molar refractivity (Wildman–Crippen MR) is 303 cm³/mol. The van der Waals surface area contributed by atoms with Gasteiger partial charge in [0.1, 0.15) is 30.0 Å². The Labute approximate surface area is 470 Å². The summed E-state index contributed by atoms with van der Waals surface area (Å²) >= 11 is 0. The second kappa shape index (κ2) is 32.4. The van der Waals surface area contributed by atoms with Crippen molar-refractivity contribution in [3.63, 3.8) is 0 Å². The van der Waals surface area contributed by atoms with Crippen molar-refractivity contribution in [2.45, 2.75) is 134 Å². The Balaban J connectivity index is 1.57. The number of aliphatic carboxylic acids is 1. The number of carbonyl (C=O) groups is 9. The Morgan fingerprint density at radius 2 is 1.37 bits per heavy atom. The number of ether oxygens (including phenoxy) is 1. The number of aromatic amines is 1. The number of rotatable bonds is 20. The molecule has 0 unspecified atom stereocenters. The molecule has 0 saturated carbocycles. The largest absolute Gasteiger partial charge is 0.480 e. The normalized spacial score (nSPS) is 21.0. The molecule has 3 aromatic carbocycles.